The third kappa shape index (κ3) is 37.3. The summed E-state index contributed by atoms with van der Waals surface area (Å²) in [5.41, 5.74) is 7.42. The molecule has 8 unspecified atom stereocenters. The van der Waals surface area contributed by atoms with Gasteiger partial charge in [-0.2, -0.15) is 0 Å². The third-order valence-electron chi connectivity index (χ3n) is 29.8. The highest BCUT2D eigenvalue weighted by molar-refractivity contribution is 7.43. The van der Waals surface area contributed by atoms with Gasteiger partial charge in [0.05, 0.1) is 42.7 Å². The van der Waals surface area contributed by atoms with Crippen molar-refractivity contribution in [1.82, 2.24) is 15.1 Å². The first-order valence-corrected chi connectivity index (χ1v) is 55.3. The first-order valence-electron chi connectivity index (χ1n) is 51.5. The van der Waals surface area contributed by atoms with Crippen molar-refractivity contribution >= 4 is 74.1 Å². The third-order valence-corrected chi connectivity index (χ3v) is 31.0. The number of piperidine rings is 2. The van der Waals surface area contributed by atoms with Crippen molar-refractivity contribution < 1.29 is 130 Å². The summed E-state index contributed by atoms with van der Waals surface area (Å²) in [7, 11) is 6.70. The second kappa shape index (κ2) is 61.9. The van der Waals surface area contributed by atoms with E-state index in [0.29, 0.717) is 133 Å². The number of Topliss-reactive ketones (excluding diaryl/α,β-unsaturated/α-hetero) is 6. The minimum absolute atomic E-state index is 0.0161. The van der Waals surface area contributed by atoms with Gasteiger partial charge in [0.2, 0.25) is 11.6 Å². The number of ketones is 6. The normalized spacial score (nSPS) is 37.0. The Morgan fingerprint density at radius 2 is 0.858 bits per heavy atom. The zero-order chi connectivity index (χ0) is 106. The van der Waals surface area contributed by atoms with E-state index < -0.39 is 177 Å². The number of nitrogens with one attached hydrogen (secondary N) is 1. The Hall–Kier alpha value is -6.58. The van der Waals surface area contributed by atoms with Crippen molar-refractivity contribution in [2.24, 2.45) is 76.7 Å². The molecule has 0 aromatic carbocycles. The highest BCUT2D eigenvalue weighted by Gasteiger charge is 2.56. The number of carbonyl (C=O) groups is 10. The van der Waals surface area contributed by atoms with Gasteiger partial charge < -0.3 is 82.7 Å². The molecule has 2 aliphatic carbocycles. The number of fused-ring (bicyclic) bond motifs is 6. The molecule has 0 radical (unpaired) electrons. The number of hydrogen-bond donors (Lipinski definition) is 7. The van der Waals surface area contributed by atoms with Gasteiger partial charge in [-0.25, -0.2) is 9.59 Å². The Kier molecular flexibility index (Phi) is 54.8. The summed E-state index contributed by atoms with van der Waals surface area (Å²) >= 11 is 0. The topological polar surface area (TPSA) is 443 Å². The predicted molar refractivity (Wildman–Crippen MR) is 544 cm³/mol. The van der Waals surface area contributed by atoms with Crippen LogP contribution in [0.5, 0.6) is 0 Å². The molecule has 8 rings (SSSR count). The van der Waals surface area contributed by atoms with Crippen molar-refractivity contribution in [1.29, 1.82) is 0 Å². The summed E-state index contributed by atoms with van der Waals surface area (Å²) in [6, 6.07) is -2.25. The van der Waals surface area contributed by atoms with Crippen molar-refractivity contribution in [3.8, 4) is 0 Å². The molecule has 141 heavy (non-hydrogen) atoms. The summed E-state index contributed by atoms with van der Waals surface area (Å²) in [4.78, 5) is 144. The van der Waals surface area contributed by atoms with Crippen LogP contribution in [0.25, 0.3) is 0 Å². The smallest absolute Gasteiger partial charge is 0.350 e. The van der Waals surface area contributed by atoms with Crippen LogP contribution in [0.1, 0.15) is 265 Å². The molecule has 32 atom stereocenters. The average molecular weight is 2020 g/mol. The van der Waals surface area contributed by atoms with Crippen molar-refractivity contribution in [2.45, 2.75) is 374 Å². The SMILES string of the molecule is CC.CO[C@H]1CC2CC[C@@H](C)[C@@](O)(O2)C(=O)C(=O)N2CCCCC2C(=O)O[C@H]([C@H](C)C[C@@H]2CCC(NC[P+](C)=O)[C@H](OC)C2)CC(=O)[C@H](C)/C=C(\C)[C@@H](O)[C@@H](OC)C(=O)[C@H](C)C[C@H](C)/C=C/C=CC=C1C.CO[C@H]1CC2CC[C@@H](C)[C@@](O)(O2)C(=O)C(=O)N2CCCCC2C(=O)O[C@H]([C@H](C)C[C@@H]2CCC(O)[C@H](OC)C2)CC(=O)[C@H](C)/C=C(\C)[C@@H](O)[C@@H](OC)C(=O)[C@H](C)C[C@H](C)/C=C/C=CC=C1C.C[P+](=O)CN. The number of carbonyl (C=O) groups excluding carboxylic acids is 10. The Balaban J connectivity index is 0.000000467. The molecule has 0 aromatic heterocycles. The molecule has 8 N–H and O–H groups in total. The molecule has 0 spiro atoms. The van der Waals surface area contributed by atoms with Crippen LogP contribution in [-0.4, -0.2) is 284 Å². The fourth-order valence-electron chi connectivity index (χ4n) is 20.7. The zero-order valence-electron chi connectivity index (χ0n) is 89.0. The van der Waals surface area contributed by atoms with Gasteiger partial charge in [0, 0.05) is 123 Å². The molecular formula is C108H176N4O27P2+2. The van der Waals surface area contributed by atoms with Gasteiger partial charge in [0.1, 0.15) is 73.6 Å². The average Bonchev–Trinajstić information content (AvgIpc) is 0.778. The highest BCUT2D eigenvalue weighted by atomic mass is 31.1. The maximum absolute atomic E-state index is 14.5. The highest BCUT2D eigenvalue weighted by Crippen LogP contribution is 2.42. The number of hydrogen-bond acceptors (Lipinski definition) is 29. The van der Waals surface area contributed by atoms with Crippen molar-refractivity contribution in [3.63, 3.8) is 0 Å². The van der Waals surface area contributed by atoms with E-state index in [2.05, 4.69) is 5.32 Å². The molecule has 4 saturated heterocycles. The number of cyclic esters (lactones) is 2. The van der Waals surface area contributed by atoms with E-state index in [-0.39, 0.29) is 116 Å². The van der Waals surface area contributed by atoms with Crippen LogP contribution in [0.2, 0.25) is 0 Å². The zero-order valence-corrected chi connectivity index (χ0v) is 90.8. The molecule has 2 amide bonds. The number of methoxy groups -OCH3 is 6. The molecule has 8 aliphatic rings. The number of aliphatic hydroxyl groups is 5. The maximum atomic E-state index is 14.5. The van der Waals surface area contributed by atoms with Crippen LogP contribution in [-0.2, 0) is 104 Å². The lowest BCUT2D eigenvalue weighted by Gasteiger charge is -2.42. The number of ether oxygens (including phenoxy) is 10. The molecular weight excluding hydrogens is 1850 g/mol. The van der Waals surface area contributed by atoms with Gasteiger partial charge in [-0.1, -0.05) is 165 Å². The van der Waals surface area contributed by atoms with Crippen LogP contribution in [0, 0.1) is 71.0 Å². The monoisotopic (exact) mass is 2020 g/mol. The number of nitrogens with zero attached hydrogens (tertiary/aromatic N) is 2. The lowest BCUT2D eigenvalue weighted by atomic mass is 9.77. The van der Waals surface area contributed by atoms with Crippen LogP contribution >= 0.6 is 15.6 Å². The summed E-state index contributed by atoms with van der Waals surface area (Å²) in [5.74, 6) is -15.9. The van der Waals surface area contributed by atoms with E-state index in [1.807, 2.05) is 130 Å². The fraction of sp³-hybridized carbons (Fsp3) is 0.759. The molecule has 6 fully saturated rings. The first-order chi connectivity index (χ1) is 66.7. The van der Waals surface area contributed by atoms with Crippen molar-refractivity contribution in [2.75, 3.05) is 81.6 Å². The predicted octanol–water partition coefficient (Wildman–Crippen LogP) is 14.8. The lowest BCUT2D eigenvalue weighted by Crippen LogP contribution is -2.61. The molecule has 33 heteroatoms. The van der Waals surface area contributed by atoms with Gasteiger partial charge in [-0.05, 0) is 214 Å². The number of esters is 2. The van der Waals surface area contributed by atoms with Gasteiger partial charge in [0.25, 0.3) is 23.4 Å². The number of nitrogens with two attached hydrogens (primary N) is 1. The van der Waals surface area contributed by atoms with Crippen LogP contribution in [0.15, 0.2) is 95.2 Å². The van der Waals surface area contributed by atoms with Gasteiger partial charge in [0.15, 0.2) is 24.1 Å². The fourth-order valence-corrected chi connectivity index (χ4v) is 21.2. The van der Waals surface area contributed by atoms with Gasteiger partial charge in [-0.15, -0.1) is 0 Å². The number of amides is 2. The summed E-state index contributed by atoms with van der Waals surface area (Å²) < 4.78 is 80.9. The number of allylic oxidation sites excluding steroid dienone is 12. The summed E-state index contributed by atoms with van der Waals surface area (Å²) in [6.07, 6.45) is 24.4. The Morgan fingerprint density at radius 1 is 0.475 bits per heavy atom. The standard InChI is InChI=1S/C53H84N2O13P.C51H79NO13.C2H7NOP.C2H6/c1-32-17-13-12-14-18-33(2)44(64-8)29-40-22-20-38(7)53(62,68-40)50(59)51(60)55-24-16-15-19-42(55)52(61)67-45(35(4)27-39-21-23-41(46(28-39)65-9)54-31-69(11)63)30-43(56)34(3)26-37(6)48(58)49(66-10)47(57)36(5)25-32;1-30-16-12-11-13-17-31(2)42(61-8)28-38-21-19-36(7)51(60,65-38)48(57)49(58)52-23-15-14-18-39(52)50(59)64-43(33(4)26-37-20-22-40(53)44(27-37)62-9)29-41(54)32(3)25-35(6)46(56)47(63-10)45(55)34(5)24-30;1-5(4)2-3;1-2/h12-14,17-18,26,32,34-36,38-42,44-46,48-49,54,58,62H,15-16,19-25,27-31H2,1-11H3;11-13,16-17,25,30,32-34,36-40,42-44,46-47,53,56,60H,14-15,18-24,26-29H2,1-10H3;2-3H2,1H3;1-2H3/q+1;;+1;/b14-12?,17-13+,33-18?,37-26+;13-11?,16-12+,31-17?,35-25+;;/t32-,34-,35-,36-,38-,39+,40?,41?,42?,44+,45+,46-,48-,49+,53-;30-,32-,33-,34-,36-,37+,38?,39?,40?,42+,43+,44-,46-,47+,51-;;/m11../s1. The molecule has 798 valence electrons. The van der Waals surface area contributed by atoms with E-state index in [0.717, 1.165) is 30.4 Å². The van der Waals surface area contributed by atoms with E-state index in [4.69, 9.17) is 53.1 Å². The molecule has 31 nitrogen and oxygen atoms in total. The second-order valence-electron chi connectivity index (χ2n) is 41.0. The maximum Gasteiger partial charge on any atom is 0.350 e. The first kappa shape index (κ1) is 125. The van der Waals surface area contributed by atoms with Crippen LogP contribution < -0.4 is 11.1 Å². The largest absolute Gasteiger partial charge is 0.460 e. The lowest BCUT2D eigenvalue weighted by molar-refractivity contribution is -0.265. The summed E-state index contributed by atoms with van der Waals surface area (Å²) in [6.45, 7) is 32.8. The Bertz CT molecular complexity index is 4320. The minimum atomic E-state index is -2.43. The summed E-state index contributed by atoms with van der Waals surface area (Å²) in [5, 5.41) is 60.7. The molecule has 6 aliphatic heterocycles. The molecule has 0 aromatic rings. The number of aliphatic hydroxyl groups excluding tert-OH is 3. The Morgan fingerprint density at radius 3 is 1.22 bits per heavy atom. The number of rotatable bonds is 16. The second-order valence-corrected chi connectivity index (χ2v) is 44.2. The van der Waals surface area contributed by atoms with Crippen LogP contribution in [0.3, 0.4) is 0 Å². The molecule has 6 heterocycles. The van der Waals surface area contributed by atoms with Crippen molar-refractivity contribution in [3.05, 3.63) is 95.2 Å². The molecule has 4 bridgehead atoms. The van der Waals surface area contributed by atoms with E-state index in [9.17, 15) is 82.6 Å². The minimum Gasteiger partial charge on any atom is -0.460 e. The van der Waals surface area contributed by atoms with Crippen LogP contribution in [0.4, 0.5) is 0 Å². The quantitative estimate of drug-likeness (QED) is 0.0326. The van der Waals surface area contributed by atoms with E-state index >= 15 is 0 Å². The van der Waals surface area contributed by atoms with E-state index in [1.54, 1.807) is 95.5 Å². The Labute approximate surface area is 842 Å². The van der Waals surface area contributed by atoms with E-state index in [1.165, 1.54) is 24.0 Å². The van der Waals surface area contributed by atoms with Gasteiger partial charge in [-0.3, -0.25) is 49.4 Å². The molecule has 2 saturated carbocycles. The van der Waals surface area contributed by atoms with Gasteiger partial charge >= 0.3 is 27.5 Å².